The summed E-state index contributed by atoms with van der Waals surface area (Å²) >= 11 is 0. The van der Waals surface area contributed by atoms with Crippen LogP contribution in [0.4, 0.5) is 0 Å². The summed E-state index contributed by atoms with van der Waals surface area (Å²) in [6, 6.07) is 0. The monoisotopic (exact) mass is 147 g/mol. The van der Waals surface area contributed by atoms with E-state index in [2.05, 4.69) is 26.9 Å². The zero-order valence-corrected chi connectivity index (χ0v) is 8.00. The molecule has 0 unspecified atom stereocenters. The van der Waals surface area contributed by atoms with Crippen LogP contribution in [-0.4, -0.2) is 27.2 Å². The zero-order chi connectivity index (χ0) is 7.28. The lowest BCUT2D eigenvalue weighted by atomic mass is 10.6. The van der Waals surface area contributed by atoms with Crippen LogP contribution >= 0.6 is 0 Å². The molecule has 0 atom stereocenters. The number of hydrogen-bond acceptors (Lipinski definition) is 2. The van der Waals surface area contributed by atoms with Gasteiger partial charge in [-0.1, -0.05) is 13.8 Å². The Morgan fingerprint density at radius 2 is 1.67 bits per heavy atom. The van der Waals surface area contributed by atoms with E-state index in [0.717, 1.165) is 13.1 Å². The summed E-state index contributed by atoms with van der Waals surface area (Å²) in [4.78, 5) is 0. The van der Waals surface area contributed by atoms with Gasteiger partial charge in [0.1, 0.15) is 0 Å². The summed E-state index contributed by atoms with van der Waals surface area (Å²) in [7, 11) is -0.838. The molecule has 9 heavy (non-hydrogen) atoms. The first-order valence-electron chi connectivity index (χ1n) is 3.62. The van der Waals surface area contributed by atoms with Crippen molar-refractivity contribution in [1.82, 2.24) is 5.06 Å². The molecule has 0 spiro atoms. The lowest BCUT2D eigenvalue weighted by Crippen LogP contribution is -2.28. The maximum atomic E-state index is 5.52. The highest BCUT2D eigenvalue weighted by Crippen LogP contribution is 1.91. The molecular formula is C6H17NOSi. The molecule has 0 aromatic carbocycles. The normalized spacial score (nSPS) is 11.3. The molecule has 0 aliphatic carbocycles. The van der Waals surface area contributed by atoms with E-state index >= 15 is 0 Å². The maximum absolute atomic E-state index is 5.52. The molecule has 0 radical (unpaired) electrons. The topological polar surface area (TPSA) is 12.5 Å². The molecule has 0 rings (SSSR count). The van der Waals surface area contributed by atoms with Crippen molar-refractivity contribution in [3.05, 3.63) is 0 Å². The highest BCUT2D eigenvalue weighted by molar-refractivity contribution is 6.48. The minimum Gasteiger partial charge on any atom is -0.347 e. The second-order valence-corrected chi connectivity index (χ2v) is 4.58. The van der Waals surface area contributed by atoms with Crippen LogP contribution in [0.1, 0.15) is 13.8 Å². The van der Waals surface area contributed by atoms with Crippen molar-refractivity contribution in [2.24, 2.45) is 0 Å². The predicted molar refractivity (Wildman–Crippen MR) is 42.9 cm³/mol. The molecule has 0 amide bonds. The second-order valence-electron chi connectivity index (χ2n) is 2.27. The summed E-state index contributed by atoms with van der Waals surface area (Å²) in [6.07, 6.45) is 0. The van der Waals surface area contributed by atoms with Crippen LogP contribution in [0, 0.1) is 0 Å². The molecule has 3 heteroatoms. The number of rotatable bonds is 4. The number of hydrogen-bond donors (Lipinski definition) is 0. The smallest absolute Gasteiger partial charge is 0.199 e. The molecule has 56 valence electrons. The van der Waals surface area contributed by atoms with Gasteiger partial charge in [0.15, 0.2) is 9.04 Å². The highest BCUT2D eigenvalue weighted by Gasteiger charge is 2.01. The summed E-state index contributed by atoms with van der Waals surface area (Å²) in [6.45, 7) is 10.6. The van der Waals surface area contributed by atoms with Crippen molar-refractivity contribution < 1.29 is 4.53 Å². The van der Waals surface area contributed by atoms with E-state index in [4.69, 9.17) is 4.53 Å². The molecule has 2 nitrogen and oxygen atoms in total. The van der Waals surface area contributed by atoms with E-state index < -0.39 is 9.04 Å². The van der Waals surface area contributed by atoms with Gasteiger partial charge in [-0.15, -0.1) is 0 Å². The van der Waals surface area contributed by atoms with Gasteiger partial charge in [-0.25, -0.2) is 5.06 Å². The third kappa shape index (κ3) is 4.63. The first-order chi connectivity index (χ1) is 4.20. The number of nitrogens with zero attached hydrogens (tertiary/aromatic N) is 1. The second kappa shape index (κ2) is 4.96. The predicted octanol–water partition coefficient (Wildman–Crippen LogP) is 1.24. The molecule has 0 aromatic heterocycles. The summed E-state index contributed by atoms with van der Waals surface area (Å²) in [5.74, 6) is 0. The van der Waals surface area contributed by atoms with Crippen LogP contribution in [0.2, 0.25) is 13.1 Å². The van der Waals surface area contributed by atoms with Crippen molar-refractivity contribution in [1.29, 1.82) is 0 Å². The minimum atomic E-state index is -0.838. The Morgan fingerprint density at radius 3 is 1.78 bits per heavy atom. The largest absolute Gasteiger partial charge is 0.347 e. The molecule has 0 N–H and O–H groups in total. The van der Waals surface area contributed by atoms with E-state index in [1.165, 1.54) is 0 Å². The fourth-order valence-corrected chi connectivity index (χ4v) is 1.57. The summed E-state index contributed by atoms with van der Waals surface area (Å²) in [5.41, 5.74) is 0. The fourth-order valence-electron chi connectivity index (χ4n) is 0.671. The van der Waals surface area contributed by atoms with Gasteiger partial charge in [0.25, 0.3) is 0 Å². The summed E-state index contributed by atoms with van der Waals surface area (Å²) in [5, 5.41) is 2.01. The Labute approximate surface area is 59.5 Å². The molecule has 0 aliphatic rings. The molecule has 0 saturated heterocycles. The van der Waals surface area contributed by atoms with Crippen molar-refractivity contribution in [2.75, 3.05) is 13.1 Å². The van der Waals surface area contributed by atoms with Crippen molar-refractivity contribution in [3.8, 4) is 0 Å². The molecule has 0 bridgehead atoms. The van der Waals surface area contributed by atoms with Gasteiger partial charge in [-0.05, 0) is 13.1 Å². The summed E-state index contributed by atoms with van der Waals surface area (Å²) < 4.78 is 5.52. The Bertz CT molecular complexity index is 64.1. The van der Waals surface area contributed by atoms with Gasteiger partial charge < -0.3 is 4.53 Å². The molecule has 0 heterocycles. The maximum Gasteiger partial charge on any atom is 0.199 e. The van der Waals surface area contributed by atoms with E-state index in [9.17, 15) is 0 Å². The van der Waals surface area contributed by atoms with Gasteiger partial charge in [-0.3, -0.25) is 0 Å². The van der Waals surface area contributed by atoms with Gasteiger partial charge in [0, 0.05) is 13.1 Å². The lowest BCUT2D eigenvalue weighted by Gasteiger charge is -2.20. The van der Waals surface area contributed by atoms with Crippen LogP contribution in [0.5, 0.6) is 0 Å². The number of hydroxylamine groups is 2. The average molecular weight is 147 g/mol. The van der Waals surface area contributed by atoms with Crippen LogP contribution < -0.4 is 0 Å². The lowest BCUT2D eigenvalue weighted by molar-refractivity contribution is -0.0517. The van der Waals surface area contributed by atoms with Crippen LogP contribution in [0.15, 0.2) is 0 Å². The van der Waals surface area contributed by atoms with E-state index in [1.54, 1.807) is 0 Å². The first-order valence-corrected chi connectivity index (χ1v) is 6.40. The third-order valence-corrected chi connectivity index (χ3v) is 1.79. The van der Waals surface area contributed by atoms with Crippen molar-refractivity contribution in [2.45, 2.75) is 26.9 Å². The SMILES string of the molecule is CCN(CC)O[SiH](C)C. The average Bonchev–Trinajstić information content (AvgIpc) is 1.82. The van der Waals surface area contributed by atoms with Gasteiger partial charge in [0.2, 0.25) is 0 Å². The first kappa shape index (κ1) is 9.14. The minimum absolute atomic E-state index is 0.838. The zero-order valence-electron chi connectivity index (χ0n) is 6.85. The fraction of sp³-hybridized carbons (Fsp3) is 1.00. The molecular weight excluding hydrogens is 130 g/mol. The molecule has 0 fully saturated rings. The molecule has 0 aliphatic heterocycles. The third-order valence-electron chi connectivity index (χ3n) is 1.07. The standard InChI is InChI=1S/C6H17NOSi/c1-5-7(6-2)8-9(3)4/h9H,5-6H2,1-4H3. The van der Waals surface area contributed by atoms with Gasteiger partial charge >= 0.3 is 0 Å². The van der Waals surface area contributed by atoms with Crippen LogP contribution in [-0.2, 0) is 4.53 Å². The Hall–Kier alpha value is 0.137. The molecule has 0 saturated carbocycles. The Kier molecular flexibility index (Phi) is 5.04. The highest BCUT2D eigenvalue weighted by atomic mass is 28.3. The Balaban J connectivity index is 3.31. The van der Waals surface area contributed by atoms with Gasteiger partial charge in [-0.2, -0.15) is 0 Å². The van der Waals surface area contributed by atoms with Crippen LogP contribution in [0.25, 0.3) is 0 Å². The quantitative estimate of drug-likeness (QED) is 0.438. The van der Waals surface area contributed by atoms with Crippen molar-refractivity contribution >= 4 is 9.04 Å². The van der Waals surface area contributed by atoms with Crippen LogP contribution in [0.3, 0.4) is 0 Å². The van der Waals surface area contributed by atoms with E-state index in [0.29, 0.717) is 0 Å². The molecule has 0 aromatic rings. The Morgan fingerprint density at radius 1 is 1.22 bits per heavy atom. The van der Waals surface area contributed by atoms with Crippen molar-refractivity contribution in [3.63, 3.8) is 0 Å². The van der Waals surface area contributed by atoms with E-state index in [1.807, 2.05) is 5.06 Å². The van der Waals surface area contributed by atoms with Gasteiger partial charge in [0.05, 0.1) is 0 Å². The van der Waals surface area contributed by atoms with E-state index in [-0.39, 0.29) is 0 Å².